The summed E-state index contributed by atoms with van der Waals surface area (Å²) in [7, 11) is 0. The number of nitrogens with zero attached hydrogens (tertiary/aromatic N) is 2. The van der Waals surface area contributed by atoms with Gasteiger partial charge in [0.1, 0.15) is 11.2 Å². The number of hydrogen-bond acceptors (Lipinski definition) is 2. The predicted octanol–water partition coefficient (Wildman–Crippen LogP) is 6.33. The van der Waals surface area contributed by atoms with Crippen molar-refractivity contribution in [2.45, 2.75) is 0 Å². The molecule has 130 valence electrons. The number of nitriles is 1. The number of aromatic nitrogens is 1. The van der Waals surface area contributed by atoms with E-state index in [1.54, 1.807) is 34.9 Å². The van der Waals surface area contributed by atoms with Crippen LogP contribution in [-0.4, -0.2) is 15.6 Å². The third kappa shape index (κ3) is 3.15. The Balaban J connectivity index is 2.30. The van der Waals surface area contributed by atoms with Crippen molar-refractivity contribution < 1.29 is 9.90 Å². The molecule has 4 nitrogen and oxygen atoms in total. The van der Waals surface area contributed by atoms with Gasteiger partial charge in [0.2, 0.25) is 0 Å². The maximum atomic E-state index is 11.1. The molecule has 1 heterocycles. The maximum absolute atomic E-state index is 11.1. The maximum Gasteiger partial charge on any atom is 0.335 e. The largest absolute Gasteiger partial charge is 0.478 e. The Bertz CT molecular complexity index is 1070. The fourth-order valence-electron chi connectivity index (χ4n) is 2.53. The molecule has 0 bridgehead atoms. The number of benzene rings is 2. The minimum Gasteiger partial charge on any atom is -0.478 e. The molecule has 8 heteroatoms. The summed E-state index contributed by atoms with van der Waals surface area (Å²) in [6.45, 7) is 0. The van der Waals surface area contributed by atoms with E-state index in [9.17, 15) is 10.1 Å². The first-order valence-electron chi connectivity index (χ1n) is 7.14. The van der Waals surface area contributed by atoms with E-state index in [4.69, 9.17) is 51.5 Å². The van der Waals surface area contributed by atoms with Crippen LogP contribution >= 0.6 is 46.4 Å². The Hall–Kier alpha value is -2.16. The van der Waals surface area contributed by atoms with Crippen LogP contribution in [0, 0.1) is 11.3 Å². The van der Waals surface area contributed by atoms with Gasteiger partial charge in [-0.25, -0.2) is 4.79 Å². The third-order valence-corrected chi connectivity index (χ3v) is 5.30. The van der Waals surface area contributed by atoms with Gasteiger partial charge in [0.05, 0.1) is 31.9 Å². The first-order chi connectivity index (χ1) is 12.3. The fraction of sp³-hybridized carbons (Fsp3) is 0. The number of carbonyl (C=O) groups is 1. The van der Waals surface area contributed by atoms with Crippen LogP contribution in [0.3, 0.4) is 0 Å². The van der Waals surface area contributed by atoms with E-state index in [2.05, 4.69) is 0 Å². The molecule has 0 aliphatic heterocycles. The fourth-order valence-corrected chi connectivity index (χ4v) is 3.32. The van der Waals surface area contributed by atoms with Crippen LogP contribution in [0.1, 0.15) is 15.9 Å². The van der Waals surface area contributed by atoms with Gasteiger partial charge in [-0.2, -0.15) is 5.26 Å². The van der Waals surface area contributed by atoms with Gasteiger partial charge in [-0.3, -0.25) is 4.57 Å². The van der Waals surface area contributed by atoms with E-state index in [-0.39, 0.29) is 21.3 Å². The molecular formula is C18H8Cl4N2O2. The van der Waals surface area contributed by atoms with Crippen LogP contribution in [0.4, 0.5) is 0 Å². The smallest absolute Gasteiger partial charge is 0.335 e. The summed E-state index contributed by atoms with van der Waals surface area (Å²) in [4.78, 5) is 11.1. The second-order valence-electron chi connectivity index (χ2n) is 5.26. The van der Waals surface area contributed by atoms with E-state index >= 15 is 0 Å². The zero-order valence-electron chi connectivity index (χ0n) is 12.8. The highest BCUT2D eigenvalue weighted by Gasteiger charge is 2.23. The minimum absolute atomic E-state index is 0.0950. The summed E-state index contributed by atoms with van der Waals surface area (Å²) in [5.41, 5.74) is 1.87. The molecular weight excluding hydrogens is 418 g/mol. The molecule has 0 saturated heterocycles. The molecule has 0 amide bonds. The van der Waals surface area contributed by atoms with Gasteiger partial charge in [-0.15, -0.1) is 0 Å². The molecule has 0 aliphatic carbocycles. The van der Waals surface area contributed by atoms with Gasteiger partial charge < -0.3 is 5.11 Å². The van der Waals surface area contributed by atoms with Crippen LogP contribution in [0.25, 0.3) is 16.9 Å². The summed E-state index contributed by atoms with van der Waals surface area (Å²) in [6.07, 6.45) is 0. The Morgan fingerprint density at radius 3 is 2.19 bits per heavy atom. The Kier molecular flexibility index (Phi) is 5.17. The van der Waals surface area contributed by atoms with E-state index in [0.29, 0.717) is 27.0 Å². The zero-order valence-corrected chi connectivity index (χ0v) is 15.8. The van der Waals surface area contributed by atoms with Crippen LogP contribution < -0.4 is 0 Å². The molecule has 3 rings (SSSR count). The summed E-state index contributed by atoms with van der Waals surface area (Å²) in [5.74, 6) is -1.05. The average molecular weight is 426 g/mol. The Labute approximate surface area is 168 Å². The summed E-state index contributed by atoms with van der Waals surface area (Å²) >= 11 is 24.7. The van der Waals surface area contributed by atoms with Gasteiger partial charge >= 0.3 is 5.97 Å². The first-order valence-corrected chi connectivity index (χ1v) is 8.65. The van der Waals surface area contributed by atoms with Crippen LogP contribution in [0.15, 0.2) is 42.5 Å². The van der Waals surface area contributed by atoms with Gasteiger partial charge in [0.15, 0.2) is 0 Å². The molecule has 0 radical (unpaired) electrons. The molecule has 0 aliphatic rings. The van der Waals surface area contributed by atoms with Crippen molar-refractivity contribution >= 4 is 52.4 Å². The van der Waals surface area contributed by atoms with Crippen molar-refractivity contribution in [3.05, 3.63) is 73.8 Å². The molecule has 0 atom stereocenters. The van der Waals surface area contributed by atoms with Crippen LogP contribution in [-0.2, 0) is 0 Å². The molecule has 0 saturated carbocycles. The molecule has 26 heavy (non-hydrogen) atoms. The van der Waals surface area contributed by atoms with E-state index < -0.39 is 5.97 Å². The van der Waals surface area contributed by atoms with Crippen LogP contribution in [0.2, 0.25) is 20.2 Å². The lowest BCUT2D eigenvalue weighted by molar-refractivity contribution is 0.0697. The number of hydrogen-bond donors (Lipinski definition) is 1. The number of carboxylic acids is 1. The topological polar surface area (TPSA) is 66.0 Å². The molecule has 1 N–H and O–H groups in total. The summed E-state index contributed by atoms with van der Waals surface area (Å²) in [5, 5.41) is 19.5. The monoisotopic (exact) mass is 424 g/mol. The normalized spacial score (nSPS) is 10.6. The van der Waals surface area contributed by atoms with Crippen molar-refractivity contribution in [2.75, 3.05) is 0 Å². The molecule has 1 aromatic heterocycles. The quantitative estimate of drug-likeness (QED) is 0.533. The van der Waals surface area contributed by atoms with Gasteiger partial charge in [-0.1, -0.05) is 52.5 Å². The van der Waals surface area contributed by atoms with Crippen molar-refractivity contribution in [2.24, 2.45) is 0 Å². The molecule has 0 fully saturated rings. The lowest BCUT2D eigenvalue weighted by Crippen LogP contribution is -2.00. The molecule has 3 aromatic rings. The predicted molar refractivity (Wildman–Crippen MR) is 103 cm³/mol. The highest BCUT2D eigenvalue weighted by Crippen LogP contribution is 2.41. The van der Waals surface area contributed by atoms with Crippen molar-refractivity contribution in [1.82, 2.24) is 4.57 Å². The number of rotatable bonds is 3. The highest BCUT2D eigenvalue weighted by molar-refractivity contribution is 6.43. The number of carboxylic acid groups (broad SMARTS) is 1. The molecule has 2 aromatic carbocycles. The Morgan fingerprint density at radius 2 is 1.65 bits per heavy atom. The SMILES string of the molecule is N#Cc1c(Cl)c(Cl)n(-c2ccc(C(=O)O)cc2)c1-c1ccc(Cl)c(Cl)c1. The lowest BCUT2D eigenvalue weighted by atomic mass is 10.1. The van der Waals surface area contributed by atoms with E-state index in [1.165, 1.54) is 12.1 Å². The molecule has 0 spiro atoms. The van der Waals surface area contributed by atoms with E-state index in [1.807, 2.05) is 6.07 Å². The first kappa shape index (κ1) is 18.6. The summed E-state index contributed by atoms with van der Waals surface area (Å²) < 4.78 is 1.56. The van der Waals surface area contributed by atoms with Crippen molar-refractivity contribution in [3.63, 3.8) is 0 Å². The minimum atomic E-state index is -1.05. The highest BCUT2D eigenvalue weighted by atomic mass is 35.5. The average Bonchev–Trinajstić information content (AvgIpc) is 2.88. The summed E-state index contributed by atoms with van der Waals surface area (Å²) in [6, 6.07) is 13.0. The van der Waals surface area contributed by atoms with Gasteiger partial charge in [0, 0.05) is 11.3 Å². The third-order valence-electron chi connectivity index (χ3n) is 3.73. The zero-order chi connectivity index (χ0) is 19.0. The second-order valence-corrected chi connectivity index (χ2v) is 6.81. The van der Waals surface area contributed by atoms with Crippen molar-refractivity contribution in [1.29, 1.82) is 5.26 Å². The van der Waals surface area contributed by atoms with Crippen LogP contribution in [0.5, 0.6) is 0 Å². The Morgan fingerprint density at radius 1 is 1.00 bits per heavy atom. The number of aromatic carboxylic acids is 1. The standard InChI is InChI=1S/C18H8Cl4N2O2/c19-13-6-3-10(7-14(13)20)16-12(8-23)15(21)17(22)24(16)11-4-1-9(2-5-11)18(25)26/h1-7H,(H,25,26). The number of halogens is 4. The second kappa shape index (κ2) is 7.22. The van der Waals surface area contributed by atoms with E-state index in [0.717, 1.165) is 0 Å². The lowest BCUT2D eigenvalue weighted by Gasteiger charge is -2.12. The van der Waals surface area contributed by atoms with Gasteiger partial charge in [0.25, 0.3) is 0 Å². The van der Waals surface area contributed by atoms with Gasteiger partial charge in [-0.05, 0) is 36.4 Å². The van der Waals surface area contributed by atoms with Crippen molar-refractivity contribution in [3.8, 4) is 23.0 Å². The molecule has 0 unspecified atom stereocenters.